The highest BCUT2D eigenvalue weighted by atomic mass is 19.2. The zero-order valence-electron chi connectivity index (χ0n) is 27.6. The second-order valence-corrected chi connectivity index (χ2v) is 12.4. The van der Waals surface area contributed by atoms with Gasteiger partial charge in [0.25, 0.3) is 0 Å². The van der Waals surface area contributed by atoms with Crippen LogP contribution in [0.4, 0.5) is 35.9 Å². The minimum atomic E-state index is -1.35. The van der Waals surface area contributed by atoms with Crippen LogP contribution in [0, 0.1) is 34.9 Å². The van der Waals surface area contributed by atoms with Crippen LogP contribution in [0.25, 0.3) is 0 Å². The smallest absolute Gasteiger partial charge is 0.407 e. The van der Waals surface area contributed by atoms with Crippen molar-refractivity contribution in [3.63, 3.8) is 0 Å². The number of amides is 2. The van der Waals surface area contributed by atoms with Crippen LogP contribution in [0.15, 0.2) is 24.3 Å². The van der Waals surface area contributed by atoms with E-state index >= 15 is 0 Å². The number of benzene rings is 2. The second kappa shape index (κ2) is 18.2. The van der Waals surface area contributed by atoms with E-state index < -0.39 is 88.7 Å². The summed E-state index contributed by atoms with van der Waals surface area (Å²) in [5, 5.41) is 13.6. The summed E-state index contributed by atoms with van der Waals surface area (Å²) in [5.74, 6) is -9.00. The van der Waals surface area contributed by atoms with Gasteiger partial charge < -0.3 is 30.0 Å². The number of carboxylic acids is 1. The van der Waals surface area contributed by atoms with Crippen molar-refractivity contribution in [3.05, 3.63) is 70.3 Å². The lowest BCUT2D eigenvalue weighted by atomic mass is 10.0. The van der Waals surface area contributed by atoms with Gasteiger partial charge in [0.2, 0.25) is 0 Å². The van der Waals surface area contributed by atoms with Gasteiger partial charge in [-0.25, -0.2) is 35.9 Å². The van der Waals surface area contributed by atoms with E-state index in [0.29, 0.717) is 24.3 Å². The van der Waals surface area contributed by atoms with Crippen molar-refractivity contribution in [2.75, 3.05) is 6.61 Å². The largest absolute Gasteiger partial charge is 0.481 e. The van der Waals surface area contributed by atoms with Crippen molar-refractivity contribution in [2.45, 2.75) is 97.4 Å². The van der Waals surface area contributed by atoms with E-state index in [-0.39, 0.29) is 37.0 Å². The third-order valence-corrected chi connectivity index (χ3v) is 5.69. The Hall–Kier alpha value is -4.50. The number of alkyl carbamates (subject to hydrolysis) is 2. The fourth-order valence-corrected chi connectivity index (χ4v) is 3.90. The van der Waals surface area contributed by atoms with Crippen LogP contribution in [0.3, 0.4) is 0 Å². The van der Waals surface area contributed by atoms with Crippen molar-refractivity contribution >= 4 is 24.1 Å². The Bertz CT molecular complexity index is 1440. The zero-order chi connectivity index (χ0) is 37.0. The molecule has 16 heteroatoms. The Morgan fingerprint density at radius 2 is 1.00 bits per heavy atom. The molecule has 2 unspecified atom stereocenters. The standard InChI is InChI=1S/C17H22F3NO4.C15H18F3NO4/c1-5-24-15(22)8-11(21-16(23)25-17(2,3)4)6-10-7-13(19)14(20)9-12(10)18;1-15(2,3)23-14(22)19-9(6-13(20)21)4-8-5-11(17)12(18)7-10(8)16/h7,9,11H,5-6,8H2,1-4H3,(H,21,23);5,7,9H,4,6H2,1-3H3,(H,19,22)(H,20,21). The predicted octanol–water partition coefficient (Wildman–Crippen LogP) is 6.51. The average molecular weight is 695 g/mol. The highest BCUT2D eigenvalue weighted by molar-refractivity contribution is 5.73. The molecule has 0 aliphatic rings. The lowest BCUT2D eigenvalue weighted by Gasteiger charge is -2.23. The molecule has 2 aromatic carbocycles. The van der Waals surface area contributed by atoms with Gasteiger partial charge in [-0.15, -0.1) is 0 Å². The molecule has 0 fully saturated rings. The number of hydrogen-bond donors (Lipinski definition) is 3. The van der Waals surface area contributed by atoms with Crippen molar-refractivity contribution < 1.29 is 64.8 Å². The van der Waals surface area contributed by atoms with E-state index in [4.69, 9.17) is 19.3 Å². The number of halogens is 6. The number of rotatable bonds is 11. The van der Waals surface area contributed by atoms with Gasteiger partial charge in [0, 0.05) is 24.2 Å². The Balaban J connectivity index is 0.000000482. The summed E-state index contributed by atoms with van der Waals surface area (Å²) in [7, 11) is 0. The Labute approximate surface area is 274 Å². The molecule has 0 saturated carbocycles. The van der Waals surface area contributed by atoms with Gasteiger partial charge in [-0.1, -0.05) is 0 Å². The van der Waals surface area contributed by atoms with E-state index in [1.54, 1.807) is 48.5 Å². The summed E-state index contributed by atoms with van der Waals surface area (Å²) in [6.07, 6.45) is -3.06. The average Bonchev–Trinajstić information content (AvgIpc) is 2.88. The van der Waals surface area contributed by atoms with E-state index in [0.717, 1.165) is 0 Å². The van der Waals surface area contributed by atoms with Crippen LogP contribution in [-0.4, -0.2) is 59.1 Å². The molecule has 2 amide bonds. The Morgan fingerprint density at radius 1 is 0.646 bits per heavy atom. The van der Waals surface area contributed by atoms with Crippen molar-refractivity contribution in [1.29, 1.82) is 0 Å². The molecule has 268 valence electrons. The van der Waals surface area contributed by atoms with Crippen LogP contribution < -0.4 is 10.6 Å². The topological polar surface area (TPSA) is 140 Å². The van der Waals surface area contributed by atoms with E-state index in [9.17, 15) is 45.5 Å². The molecule has 0 aliphatic heterocycles. The fourth-order valence-electron chi connectivity index (χ4n) is 3.90. The minimum Gasteiger partial charge on any atom is -0.481 e. The highest BCUT2D eigenvalue weighted by Gasteiger charge is 2.25. The molecule has 2 aromatic rings. The summed E-state index contributed by atoms with van der Waals surface area (Å²) in [6.45, 7) is 11.6. The predicted molar refractivity (Wildman–Crippen MR) is 160 cm³/mol. The summed E-state index contributed by atoms with van der Waals surface area (Å²) in [6, 6.07) is 0.167. The number of aliphatic carboxylic acids is 1. The SMILES string of the molecule is CC(C)(C)OC(=O)NC(CC(=O)O)Cc1cc(F)c(F)cc1F.CCOC(=O)CC(Cc1cc(F)c(F)cc1F)NC(=O)OC(C)(C)C. The number of esters is 1. The van der Waals surface area contributed by atoms with Crippen LogP contribution in [0.5, 0.6) is 0 Å². The number of hydrogen-bond acceptors (Lipinski definition) is 7. The summed E-state index contributed by atoms with van der Waals surface area (Å²) in [4.78, 5) is 46.1. The van der Waals surface area contributed by atoms with Crippen LogP contribution in [0.1, 0.15) is 72.4 Å². The van der Waals surface area contributed by atoms with Gasteiger partial charge in [0.1, 0.15) is 22.8 Å². The molecule has 0 aliphatic carbocycles. The quantitative estimate of drug-likeness (QED) is 0.105. The number of carbonyl (C=O) groups excluding carboxylic acids is 3. The molecule has 0 radical (unpaired) electrons. The van der Waals surface area contributed by atoms with Gasteiger partial charge in [0.05, 0.1) is 19.4 Å². The molecular weight excluding hydrogens is 654 g/mol. The summed E-state index contributed by atoms with van der Waals surface area (Å²) in [5.41, 5.74) is -1.99. The Morgan fingerprint density at radius 3 is 1.33 bits per heavy atom. The molecule has 0 bridgehead atoms. The first-order valence-electron chi connectivity index (χ1n) is 14.6. The third-order valence-electron chi connectivity index (χ3n) is 5.69. The Kier molecular flexibility index (Phi) is 15.7. The number of nitrogens with one attached hydrogen (secondary N) is 2. The van der Waals surface area contributed by atoms with Crippen LogP contribution >= 0.6 is 0 Å². The van der Waals surface area contributed by atoms with Crippen molar-refractivity contribution in [2.24, 2.45) is 0 Å². The van der Waals surface area contributed by atoms with E-state index in [1.165, 1.54) is 0 Å². The first kappa shape index (κ1) is 41.5. The van der Waals surface area contributed by atoms with Gasteiger partial charge in [-0.05, 0) is 84.6 Å². The van der Waals surface area contributed by atoms with E-state index in [1.807, 2.05) is 0 Å². The maximum atomic E-state index is 13.8. The fraction of sp³-hybridized carbons (Fsp3) is 0.500. The summed E-state index contributed by atoms with van der Waals surface area (Å²) >= 11 is 0. The van der Waals surface area contributed by atoms with Gasteiger partial charge in [0.15, 0.2) is 23.3 Å². The lowest BCUT2D eigenvalue weighted by molar-refractivity contribution is -0.143. The molecule has 3 N–H and O–H groups in total. The highest BCUT2D eigenvalue weighted by Crippen LogP contribution is 2.19. The molecule has 0 spiro atoms. The molecule has 0 saturated heterocycles. The van der Waals surface area contributed by atoms with Gasteiger partial charge in [-0.2, -0.15) is 0 Å². The molecule has 2 atom stereocenters. The molecule has 0 heterocycles. The molecule has 48 heavy (non-hydrogen) atoms. The molecule has 2 rings (SSSR count). The van der Waals surface area contributed by atoms with Crippen molar-refractivity contribution in [1.82, 2.24) is 10.6 Å². The maximum Gasteiger partial charge on any atom is 0.407 e. The normalized spacial score (nSPS) is 12.5. The minimum absolute atomic E-state index is 0.136. The zero-order valence-corrected chi connectivity index (χ0v) is 27.6. The number of carboxylic acid groups (broad SMARTS) is 1. The maximum absolute atomic E-state index is 13.8. The first-order chi connectivity index (χ1) is 22.0. The number of carbonyl (C=O) groups is 4. The lowest BCUT2D eigenvalue weighted by Crippen LogP contribution is -2.41. The van der Waals surface area contributed by atoms with Crippen LogP contribution in [0.2, 0.25) is 0 Å². The van der Waals surface area contributed by atoms with Gasteiger partial charge in [-0.3, -0.25) is 9.59 Å². The molecule has 0 aromatic heterocycles. The monoisotopic (exact) mass is 694 g/mol. The van der Waals surface area contributed by atoms with Crippen LogP contribution in [-0.2, 0) is 36.6 Å². The van der Waals surface area contributed by atoms with E-state index in [2.05, 4.69) is 10.6 Å². The molecular formula is C32H40F6N2O8. The number of ether oxygens (including phenoxy) is 3. The third kappa shape index (κ3) is 16.4. The molecule has 10 nitrogen and oxygen atoms in total. The summed E-state index contributed by atoms with van der Waals surface area (Å²) < 4.78 is 94.8. The van der Waals surface area contributed by atoms with Crippen molar-refractivity contribution in [3.8, 4) is 0 Å². The second-order valence-electron chi connectivity index (χ2n) is 12.4. The first-order valence-corrected chi connectivity index (χ1v) is 14.6. The van der Waals surface area contributed by atoms with Gasteiger partial charge >= 0.3 is 24.1 Å².